The van der Waals surface area contributed by atoms with Gasteiger partial charge in [-0.25, -0.2) is 4.98 Å². The molecule has 4 nitrogen and oxygen atoms in total. The Morgan fingerprint density at radius 1 is 1.56 bits per heavy atom. The molecule has 1 aliphatic heterocycles. The van der Waals surface area contributed by atoms with Crippen molar-refractivity contribution in [3.8, 4) is 0 Å². The van der Waals surface area contributed by atoms with E-state index < -0.39 is 0 Å². The monoisotopic (exact) mass is 332 g/mol. The van der Waals surface area contributed by atoms with Gasteiger partial charge in [-0.15, -0.1) is 0 Å². The van der Waals surface area contributed by atoms with E-state index in [0.717, 1.165) is 17.3 Å². The van der Waals surface area contributed by atoms with Crippen LogP contribution in [0.4, 0.5) is 0 Å². The topological polar surface area (TPSA) is 51.2 Å². The summed E-state index contributed by atoms with van der Waals surface area (Å²) in [6.45, 7) is 3.36. The lowest BCUT2D eigenvalue weighted by Gasteiger charge is -2.34. The molecule has 0 saturated carbocycles. The van der Waals surface area contributed by atoms with Crippen molar-refractivity contribution in [2.75, 3.05) is 13.2 Å². The van der Waals surface area contributed by atoms with Gasteiger partial charge in [0.05, 0.1) is 5.56 Å². The maximum absolute atomic E-state index is 12.2. The molecule has 1 saturated heterocycles. The van der Waals surface area contributed by atoms with Gasteiger partial charge in [0.15, 0.2) is 0 Å². The smallest absolute Gasteiger partial charge is 0.254 e. The molecule has 1 N–H and O–H groups in total. The van der Waals surface area contributed by atoms with Crippen LogP contribution in [0.2, 0.25) is 5.15 Å². The second-order valence-electron chi connectivity index (χ2n) is 4.62. The predicted molar refractivity (Wildman–Crippen MR) is 72.9 cm³/mol. The minimum absolute atomic E-state index is 0.196. The molecule has 0 atom stereocenters. The number of carbonyl (C=O) groups excluding carboxylic acids is 1. The van der Waals surface area contributed by atoms with Gasteiger partial charge in [-0.2, -0.15) is 0 Å². The third-order valence-corrected chi connectivity index (χ3v) is 3.80. The summed E-state index contributed by atoms with van der Waals surface area (Å²) in [5.74, 6) is -0.196. The average molecular weight is 334 g/mol. The number of hydrogen-bond donors (Lipinski definition) is 1. The first-order valence-corrected chi connectivity index (χ1v) is 6.89. The summed E-state index contributed by atoms with van der Waals surface area (Å²) in [4.78, 5) is 16.1. The molecule has 1 amide bonds. The van der Waals surface area contributed by atoms with Crippen LogP contribution in [0, 0.1) is 0 Å². The summed E-state index contributed by atoms with van der Waals surface area (Å²) in [5.41, 5.74) is 0.153. The van der Waals surface area contributed by atoms with Gasteiger partial charge in [0.1, 0.15) is 5.15 Å². The molecule has 98 valence electrons. The number of nitrogens with one attached hydrogen (secondary N) is 1. The molecule has 1 fully saturated rings. The highest BCUT2D eigenvalue weighted by atomic mass is 79.9. The molecule has 18 heavy (non-hydrogen) atoms. The van der Waals surface area contributed by atoms with Gasteiger partial charge in [0.25, 0.3) is 5.91 Å². The molecule has 0 unspecified atom stereocenters. The Morgan fingerprint density at radius 2 is 2.22 bits per heavy atom. The summed E-state index contributed by atoms with van der Waals surface area (Å²) < 4.78 is 6.03. The molecule has 0 aliphatic carbocycles. The van der Waals surface area contributed by atoms with Crippen molar-refractivity contribution >= 4 is 33.4 Å². The van der Waals surface area contributed by atoms with Gasteiger partial charge in [-0.1, -0.05) is 11.6 Å². The Hall–Kier alpha value is -0.650. The molecule has 1 aromatic rings. The van der Waals surface area contributed by atoms with Crippen LogP contribution < -0.4 is 5.32 Å². The van der Waals surface area contributed by atoms with E-state index in [2.05, 4.69) is 26.2 Å². The fourth-order valence-corrected chi connectivity index (χ4v) is 2.39. The number of aromatic nitrogens is 1. The lowest BCUT2D eigenvalue weighted by atomic mass is 9.92. The Balaban J connectivity index is 2.14. The summed E-state index contributed by atoms with van der Waals surface area (Å²) >= 11 is 9.22. The van der Waals surface area contributed by atoms with Gasteiger partial charge in [-0.3, -0.25) is 4.79 Å². The normalized spacial score (nSPS) is 18.4. The highest BCUT2D eigenvalue weighted by Gasteiger charge is 2.30. The van der Waals surface area contributed by atoms with Crippen molar-refractivity contribution in [1.82, 2.24) is 10.3 Å². The highest BCUT2D eigenvalue weighted by Crippen LogP contribution is 2.23. The molecule has 0 radical (unpaired) electrons. The van der Waals surface area contributed by atoms with Crippen LogP contribution in [-0.4, -0.2) is 29.6 Å². The number of ether oxygens (including phenoxy) is 1. The summed E-state index contributed by atoms with van der Waals surface area (Å²) in [6, 6.07) is 1.67. The van der Waals surface area contributed by atoms with E-state index in [0.29, 0.717) is 18.8 Å². The predicted octanol–water partition coefficient (Wildman–Crippen LogP) is 2.80. The quantitative estimate of drug-likeness (QED) is 0.847. The van der Waals surface area contributed by atoms with Crippen LogP contribution in [0.3, 0.4) is 0 Å². The number of pyridine rings is 1. The third kappa shape index (κ3) is 3.22. The molecule has 2 rings (SSSR count). The first-order chi connectivity index (χ1) is 8.50. The molecule has 1 aliphatic rings. The summed E-state index contributed by atoms with van der Waals surface area (Å²) in [5, 5.41) is 3.23. The van der Waals surface area contributed by atoms with Crippen molar-refractivity contribution < 1.29 is 9.53 Å². The molecule has 0 spiro atoms. The highest BCUT2D eigenvalue weighted by molar-refractivity contribution is 9.10. The van der Waals surface area contributed by atoms with Gasteiger partial charge in [-0.05, 0) is 41.8 Å². The minimum atomic E-state index is -0.235. The molecular weight excluding hydrogens is 320 g/mol. The largest absolute Gasteiger partial charge is 0.381 e. The maximum Gasteiger partial charge on any atom is 0.254 e. The van der Waals surface area contributed by atoms with Gasteiger partial charge in [0.2, 0.25) is 0 Å². The SMILES string of the molecule is CC1(NC(=O)c2cc(Br)cnc2Cl)CCOCC1. The van der Waals surface area contributed by atoms with Crippen molar-refractivity contribution in [3.63, 3.8) is 0 Å². The van der Waals surface area contributed by atoms with Gasteiger partial charge >= 0.3 is 0 Å². The molecule has 6 heteroatoms. The third-order valence-electron chi connectivity index (χ3n) is 3.06. The van der Waals surface area contributed by atoms with Gasteiger partial charge in [0, 0.05) is 29.4 Å². The standard InChI is InChI=1S/C12H14BrClN2O2/c1-12(2-4-18-5-3-12)16-11(17)9-6-8(13)7-15-10(9)14/h6-7H,2-5H2,1H3,(H,16,17). The van der Waals surface area contributed by atoms with E-state index in [1.165, 1.54) is 0 Å². The Labute approximate surface area is 119 Å². The molecule has 2 heterocycles. The van der Waals surface area contributed by atoms with Crippen molar-refractivity contribution in [2.45, 2.75) is 25.3 Å². The second-order valence-corrected chi connectivity index (χ2v) is 5.89. The Bertz CT molecular complexity index is 461. The number of amides is 1. The zero-order valence-electron chi connectivity index (χ0n) is 10.0. The van der Waals surface area contributed by atoms with Crippen LogP contribution in [0.5, 0.6) is 0 Å². The average Bonchev–Trinajstić information content (AvgIpc) is 2.32. The first kappa shape index (κ1) is 13.8. The zero-order valence-corrected chi connectivity index (χ0v) is 12.3. The van der Waals surface area contributed by atoms with Crippen LogP contribution in [0.25, 0.3) is 0 Å². The molecule has 0 bridgehead atoms. The fourth-order valence-electron chi connectivity index (χ4n) is 1.87. The minimum Gasteiger partial charge on any atom is -0.381 e. The Kier molecular flexibility index (Phi) is 4.25. The zero-order chi connectivity index (χ0) is 13.2. The van der Waals surface area contributed by atoms with Crippen LogP contribution in [0.1, 0.15) is 30.1 Å². The van der Waals surface area contributed by atoms with E-state index >= 15 is 0 Å². The number of halogens is 2. The lowest BCUT2D eigenvalue weighted by molar-refractivity contribution is 0.0423. The fraction of sp³-hybridized carbons (Fsp3) is 0.500. The van der Waals surface area contributed by atoms with E-state index in [1.54, 1.807) is 12.3 Å². The van der Waals surface area contributed by atoms with Crippen LogP contribution >= 0.6 is 27.5 Å². The molecule has 1 aromatic heterocycles. The lowest BCUT2D eigenvalue weighted by Crippen LogP contribution is -2.49. The van der Waals surface area contributed by atoms with Gasteiger partial charge < -0.3 is 10.1 Å². The number of rotatable bonds is 2. The van der Waals surface area contributed by atoms with E-state index in [4.69, 9.17) is 16.3 Å². The number of carbonyl (C=O) groups is 1. The summed E-state index contributed by atoms with van der Waals surface area (Å²) in [7, 11) is 0. The van der Waals surface area contributed by atoms with Crippen LogP contribution in [-0.2, 0) is 4.74 Å². The van der Waals surface area contributed by atoms with E-state index in [-0.39, 0.29) is 16.6 Å². The molecular formula is C12H14BrClN2O2. The van der Waals surface area contributed by atoms with E-state index in [9.17, 15) is 4.79 Å². The second kappa shape index (κ2) is 5.55. The van der Waals surface area contributed by atoms with Crippen molar-refractivity contribution in [1.29, 1.82) is 0 Å². The maximum atomic E-state index is 12.2. The van der Waals surface area contributed by atoms with Crippen LogP contribution in [0.15, 0.2) is 16.7 Å². The van der Waals surface area contributed by atoms with E-state index in [1.807, 2.05) is 6.92 Å². The first-order valence-electron chi connectivity index (χ1n) is 5.71. The van der Waals surface area contributed by atoms with Crippen molar-refractivity contribution in [3.05, 3.63) is 27.5 Å². The summed E-state index contributed by atoms with van der Waals surface area (Å²) in [6.07, 6.45) is 3.17. The molecule has 0 aromatic carbocycles. The number of nitrogens with zero attached hydrogens (tertiary/aromatic N) is 1. The Morgan fingerprint density at radius 3 is 2.89 bits per heavy atom. The number of hydrogen-bond acceptors (Lipinski definition) is 3. The van der Waals surface area contributed by atoms with Crippen molar-refractivity contribution in [2.24, 2.45) is 0 Å².